The molecule has 0 spiro atoms. The van der Waals surface area contributed by atoms with Crippen molar-refractivity contribution in [3.63, 3.8) is 0 Å². The van der Waals surface area contributed by atoms with E-state index in [2.05, 4.69) is 0 Å². The average Bonchev–Trinajstić information content (AvgIpc) is 3.14. The summed E-state index contributed by atoms with van der Waals surface area (Å²) in [5.74, 6) is 2.98. The van der Waals surface area contributed by atoms with Gasteiger partial charge in [-0.3, -0.25) is 0 Å². The summed E-state index contributed by atoms with van der Waals surface area (Å²) in [5.41, 5.74) is 0. The first kappa shape index (κ1) is 34.5. The fourth-order valence-corrected chi connectivity index (χ4v) is 10.9. The summed E-state index contributed by atoms with van der Waals surface area (Å²) >= 11 is 0. The van der Waals surface area contributed by atoms with Gasteiger partial charge < -0.3 is 18.1 Å². The average molecular weight is 723 g/mol. The SMILES string of the molecule is CCN=P(N=P(N=[P+](Oc1ccccc1)Oc1ccccc1)(Oc1ccccc1)Oc1ccccc1)(Oc1ccccc1)Oc1ccccc1. The van der Waals surface area contributed by atoms with E-state index < -0.39 is 23.5 Å². The molecule has 0 unspecified atom stereocenters. The third-order valence-corrected chi connectivity index (χ3v) is 12.9. The minimum Gasteiger partial charge on any atom is -0.414 e. The summed E-state index contributed by atoms with van der Waals surface area (Å²) in [6.45, 7) is 2.20. The maximum atomic E-state index is 6.81. The Bertz CT molecular complexity index is 1920. The third kappa shape index (κ3) is 10.1. The van der Waals surface area contributed by atoms with Gasteiger partial charge in [0.2, 0.25) is 0 Å². The molecule has 12 heteroatoms. The molecule has 6 rings (SSSR count). The van der Waals surface area contributed by atoms with Gasteiger partial charge in [-0.2, -0.15) is 0 Å². The van der Waals surface area contributed by atoms with Crippen LogP contribution in [-0.2, 0) is 0 Å². The topological polar surface area (TPSA) is 92.5 Å². The van der Waals surface area contributed by atoms with Gasteiger partial charge in [-0.25, -0.2) is 13.8 Å². The van der Waals surface area contributed by atoms with Crippen molar-refractivity contribution in [1.82, 2.24) is 0 Å². The maximum absolute atomic E-state index is 6.81. The van der Waals surface area contributed by atoms with E-state index in [-0.39, 0.29) is 0 Å². The molecule has 0 N–H and O–H groups in total. The minimum absolute atomic E-state index is 0.309. The van der Waals surface area contributed by atoms with Crippen LogP contribution in [0.25, 0.3) is 0 Å². The van der Waals surface area contributed by atoms with Gasteiger partial charge in [0.1, 0.15) is 23.0 Å². The summed E-state index contributed by atoms with van der Waals surface area (Å²) in [7, 11) is -9.84. The monoisotopic (exact) mass is 722 g/mol. The third-order valence-electron chi connectivity index (χ3n) is 6.46. The highest BCUT2D eigenvalue weighted by atomic mass is 31.2. The first-order chi connectivity index (χ1) is 24.6. The molecule has 0 radical (unpaired) electrons. The molecule has 0 saturated heterocycles. The minimum atomic E-state index is -3.96. The van der Waals surface area contributed by atoms with Crippen molar-refractivity contribution >= 4 is 23.5 Å². The molecular formula is C38H35N3O6P3+. The van der Waals surface area contributed by atoms with Crippen LogP contribution < -0.4 is 27.1 Å². The Balaban J connectivity index is 1.65. The van der Waals surface area contributed by atoms with Crippen molar-refractivity contribution in [1.29, 1.82) is 0 Å². The zero-order chi connectivity index (χ0) is 34.3. The van der Waals surface area contributed by atoms with Crippen LogP contribution >= 0.6 is 23.5 Å². The van der Waals surface area contributed by atoms with Crippen LogP contribution in [0.5, 0.6) is 34.5 Å². The Kier molecular flexibility index (Phi) is 12.0. The molecular weight excluding hydrogens is 687 g/mol. The van der Waals surface area contributed by atoms with Crippen molar-refractivity contribution in [2.75, 3.05) is 6.54 Å². The van der Waals surface area contributed by atoms with Crippen LogP contribution in [0.15, 0.2) is 196 Å². The Morgan fingerprint density at radius 3 is 0.980 bits per heavy atom. The van der Waals surface area contributed by atoms with Gasteiger partial charge in [0.25, 0.3) is 0 Å². The van der Waals surface area contributed by atoms with Crippen LogP contribution in [0, 0.1) is 0 Å². The lowest BCUT2D eigenvalue weighted by atomic mass is 10.3. The molecule has 6 aromatic carbocycles. The van der Waals surface area contributed by atoms with E-state index in [0.717, 1.165) is 0 Å². The number of hydrogen-bond donors (Lipinski definition) is 0. The van der Waals surface area contributed by atoms with Crippen LogP contribution in [0.3, 0.4) is 0 Å². The van der Waals surface area contributed by atoms with Gasteiger partial charge in [-0.15, -0.1) is 0 Å². The number of rotatable bonds is 15. The smallest absolute Gasteiger partial charge is 0.414 e. The maximum Gasteiger partial charge on any atom is 0.679 e. The molecule has 0 aliphatic heterocycles. The largest absolute Gasteiger partial charge is 0.679 e. The normalized spacial score (nSPS) is 11.0. The summed E-state index contributed by atoms with van der Waals surface area (Å²) in [5, 5.41) is 0. The van der Waals surface area contributed by atoms with Crippen molar-refractivity contribution < 1.29 is 27.1 Å². The van der Waals surface area contributed by atoms with Crippen LogP contribution in [0.1, 0.15) is 6.92 Å². The predicted octanol–water partition coefficient (Wildman–Crippen LogP) is 12.9. The fraction of sp³-hybridized carbons (Fsp3) is 0.0526. The summed E-state index contributed by atoms with van der Waals surface area (Å²) in [6, 6.07) is 55.6. The highest BCUT2D eigenvalue weighted by Crippen LogP contribution is 2.67. The Morgan fingerprint density at radius 2 is 0.680 bits per heavy atom. The Labute approximate surface area is 293 Å². The number of para-hydroxylation sites is 6. The van der Waals surface area contributed by atoms with E-state index in [1.165, 1.54) is 0 Å². The second-order valence-electron chi connectivity index (χ2n) is 10.3. The summed E-state index contributed by atoms with van der Waals surface area (Å²) < 4.78 is 55.3. The van der Waals surface area contributed by atoms with Crippen LogP contribution in [0.2, 0.25) is 0 Å². The van der Waals surface area contributed by atoms with E-state index in [1.807, 2.05) is 165 Å². The molecule has 0 fully saturated rings. The van der Waals surface area contributed by atoms with Crippen molar-refractivity contribution in [3.05, 3.63) is 182 Å². The molecule has 0 atom stereocenters. The molecule has 50 heavy (non-hydrogen) atoms. The van der Waals surface area contributed by atoms with E-state index in [1.54, 1.807) is 24.3 Å². The Morgan fingerprint density at radius 1 is 0.400 bits per heavy atom. The molecule has 0 aromatic heterocycles. The quantitative estimate of drug-likeness (QED) is 0.0980. The molecule has 6 aromatic rings. The van der Waals surface area contributed by atoms with E-state index in [9.17, 15) is 0 Å². The van der Waals surface area contributed by atoms with Crippen molar-refractivity contribution in [2.24, 2.45) is 13.8 Å². The number of benzene rings is 6. The molecule has 0 heterocycles. The zero-order valence-electron chi connectivity index (χ0n) is 27.2. The van der Waals surface area contributed by atoms with E-state index in [4.69, 9.17) is 40.9 Å². The van der Waals surface area contributed by atoms with Crippen LogP contribution in [0.4, 0.5) is 0 Å². The number of hydrogen-bond acceptors (Lipinski definition) is 7. The van der Waals surface area contributed by atoms with Crippen molar-refractivity contribution in [2.45, 2.75) is 6.92 Å². The first-order valence-corrected chi connectivity index (χ1v) is 20.0. The highest BCUT2D eigenvalue weighted by Gasteiger charge is 2.43. The van der Waals surface area contributed by atoms with Crippen LogP contribution in [-0.4, -0.2) is 6.54 Å². The fourth-order valence-electron chi connectivity index (χ4n) is 4.34. The second-order valence-corrected chi connectivity index (χ2v) is 15.5. The molecule has 0 bridgehead atoms. The molecule has 0 aliphatic rings. The Hall–Kier alpha value is -5.32. The lowest BCUT2D eigenvalue weighted by Crippen LogP contribution is -2.05. The lowest BCUT2D eigenvalue weighted by Gasteiger charge is -2.25. The van der Waals surface area contributed by atoms with Gasteiger partial charge >= 0.3 is 23.5 Å². The molecule has 0 saturated carbocycles. The highest BCUT2D eigenvalue weighted by molar-refractivity contribution is 7.70. The van der Waals surface area contributed by atoms with Gasteiger partial charge in [0.15, 0.2) is 11.5 Å². The first-order valence-electron chi connectivity index (χ1n) is 15.8. The molecule has 0 amide bonds. The molecule has 0 aliphatic carbocycles. The molecule has 252 valence electrons. The summed E-state index contributed by atoms with van der Waals surface area (Å²) in [4.78, 5) is 0. The second kappa shape index (κ2) is 17.4. The van der Waals surface area contributed by atoms with Gasteiger partial charge in [-0.05, 0) is 79.7 Å². The zero-order valence-corrected chi connectivity index (χ0v) is 29.8. The standard InChI is InChI=1S/C38H35N3O6P3/c1-2-39-49(44-35-25-13-5-14-26-35,45-36-27-15-6-16-28-36)41-50(46-37-29-17-7-18-30-37,47-38-31-19-8-20-32-38)40-48(42-33-21-9-3-10-22-33)43-34-23-11-4-12-24-34/h3-32H,2H2,1H3/q+1. The van der Waals surface area contributed by atoms with E-state index >= 15 is 0 Å². The van der Waals surface area contributed by atoms with Gasteiger partial charge in [-0.1, -0.05) is 114 Å². The summed E-state index contributed by atoms with van der Waals surface area (Å²) in [6.07, 6.45) is 0. The van der Waals surface area contributed by atoms with E-state index in [0.29, 0.717) is 41.0 Å². The number of nitrogens with zero attached hydrogens (tertiary/aromatic N) is 3. The predicted molar refractivity (Wildman–Crippen MR) is 201 cm³/mol. The lowest BCUT2D eigenvalue weighted by molar-refractivity contribution is 0.457. The van der Waals surface area contributed by atoms with Gasteiger partial charge in [0, 0.05) is 6.54 Å². The van der Waals surface area contributed by atoms with Crippen molar-refractivity contribution in [3.8, 4) is 34.5 Å². The van der Waals surface area contributed by atoms with Gasteiger partial charge in [0.05, 0.1) is 4.52 Å². The molecule has 9 nitrogen and oxygen atoms in total.